The van der Waals surface area contributed by atoms with Gasteiger partial charge in [0.2, 0.25) is 0 Å². The SMILES string of the molecule is CCC1C[N+]2(CCC(O)CC2)CC1CC. The van der Waals surface area contributed by atoms with Gasteiger partial charge in [-0.25, -0.2) is 0 Å². The van der Waals surface area contributed by atoms with Crippen molar-refractivity contribution in [2.45, 2.75) is 45.6 Å². The van der Waals surface area contributed by atoms with Crippen molar-refractivity contribution >= 4 is 0 Å². The molecule has 0 radical (unpaired) electrons. The van der Waals surface area contributed by atoms with E-state index in [-0.39, 0.29) is 6.10 Å². The van der Waals surface area contributed by atoms with Crippen LogP contribution in [0.25, 0.3) is 0 Å². The molecule has 0 amide bonds. The molecular weight excluding hydrogens is 186 g/mol. The van der Waals surface area contributed by atoms with Crippen LogP contribution in [0.4, 0.5) is 0 Å². The maximum atomic E-state index is 9.59. The number of aliphatic hydroxyl groups excluding tert-OH is 1. The molecule has 15 heavy (non-hydrogen) atoms. The van der Waals surface area contributed by atoms with E-state index in [2.05, 4.69) is 13.8 Å². The first kappa shape index (κ1) is 11.4. The van der Waals surface area contributed by atoms with E-state index in [0.717, 1.165) is 24.7 Å². The fourth-order valence-electron chi connectivity index (χ4n) is 3.76. The van der Waals surface area contributed by atoms with Crippen molar-refractivity contribution in [3.05, 3.63) is 0 Å². The van der Waals surface area contributed by atoms with E-state index in [1.54, 1.807) is 0 Å². The van der Waals surface area contributed by atoms with Gasteiger partial charge in [-0.1, -0.05) is 13.8 Å². The molecule has 1 spiro atoms. The largest absolute Gasteiger partial charge is 0.393 e. The third kappa shape index (κ3) is 2.21. The number of rotatable bonds is 2. The van der Waals surface area contributed by atoms with Crippen molar-refractivity contribution in [3.8, 4) is 0 Å². The average Bonchev–Trinajstić information content (AvgIpc) is 2.62. The zero-order valence-corrected chi connectivity index (χ0v) is 10.3. The Labute approximate surface area is 93.9 Å². The summed E-state index contributed by atoms with van der Waals surface area (Å²) in [6.07, 6.45) is 4.76. The molecule has 0 aliphatic carbocycles. The lowest BCUT2D eigenvalue weighted by molar-refractivity contribution is -0.924. The highest BCUT2D eigenvalue weighted by Crippen LogP contribution is 2.36. The molecule has 2 unspecified atom stereocenters. The zero-order valence-electron chi connectivity index (χ0n) is 10.3. The molecule has 88 valence electrons. The molecule has 2 aliphatic rings. The molecule has 2 nitrogen and oxygen atoms in total. The standard InChI is InChI=1S/C13H26NO/c1-3-11-9-14(10-12(11)4-2)7-5-13(15)6-8-14/h11-13,15H,3-10H2,1-2H3/q+1. The Morgan fingerprint density at radius 3 is 1.87 bits per heavy atom. The number of quaternary nitrogens is 1. The topological polar surface area (TPSA) is 20.2 Å². The summed E-state index contributed by atoms with van der Waals surface area (Å²) >= 11 is 0. The second-order valence-corrected chi connectivity index (χ2v) is 5.72. The molecule has 2 heterocycles. The monoisotopic (exact) mass is 212 g/mol. The molecule has 0 aromatic rings. The van der Waals surface area contributed by atoms with Crippen molar-refractivity contribution in [1.82, 2.24) is 0 Å². The predicted octanol–water partition coefficient (Wildman–Crippen LogP) is 2.02. The second kappa shape index (κ2) is 4.42. The summed E-state index contributed by atoms with van der Waals surface area (Å²) in [4.78, 5) is 0. The quantitative estimate of drug-likeness (QED) is 0.694. The molecule has 2 atom stereocenters. The van der Waals surface area contributed by atoms with Gasteiger partial charge in [0.15, 0.2) is 0 Å². The molecule has 0 aromatic heterocycles. The van der Waals surface area contributed by atoms with E-state index in [1.165, 1.54) is 43.5 Å². The van der Waals surface area contributed by atoms with Crippen LogP contribution in [0.2, 0.25) is 0 Å². The summed E-state index contributed by atoms with van der Waals surface area (Å²) < 4.78 is 1.33. The average molecular weight is 212 g/mol. The van der Waals surface area contributed by atoms with Gasteiger partial charge in [-0.2, -0.15) is 0 Å². The van der Waals surface area contributed by atoms with Crippen LogP contribution in [-0.2, 0) is 0 Å². The van der Waals surface area contributed by atoms with Crippen LogP contribution in [0.3, 0.4) is 0 Å². The van der Waals surface area contributed by atoms with Crippen LogP contribution in [0, 0.1) is 11.8 Å². The summed E-state index contributed by atoms with van der Waals surface area (Å²) in [6.45, 7) is 9.92. The van der Waals surface area contributed by atoms with E-state index < -0.39 is 0 Å². The molecule has 0 aromatic carbocycles. The minimum atomic E-state index is -0.00509. The maximum absolute atomic E-state index is 9.59. The molecule has 2 rings (SSSR count). The van der Waals surface area contributed by atoms with Gasteiger partial charge in [0.05, 0.1) is 32.3 Å². The zero-order chi connectivity index (χ0) is 10.9. The first-order valence-corrected chi connectivity index (χ1v) is 6.72. The summed E-state index contributed by atoms with van der Waals surface area (Å²) in [7, 11) is 0. The van der Waals surface area contributed by atoms with Gasteiger partial charge in [-0.05, 0) is 12.8 Å². The highest BCUT2D eigenvalue weighted by Gasteiger charge is 2.45. The van der Waals surface area contributed by atoms with Gasteiger partial charge in [0, 0.05) is 24.7 Å². The lowest BCUT2D eigenvalue weighted by atomic mass is 9.92. The van der Waals surface area contributed by atoms with Crippen molar-refractivity contribution in [3.63, 3.8) is 0 Å². The van der Waals surface area contributed by atoms with Crippen LogP contribution in [-0.4, -0.2) is 41.9 Å². The molecular formula is C13H26NO+. The van der Waals surface area contributed by atoms with Crippen molar-refractivity contribution in [1.29, 1.82) is 0 Å². The fourth-order valence-corrected chi connectivity index (χ4v) is 3.76. The number of nitrogens with zero attached hydrogens (tertiary/aromatic N) is 1. The van der Waals surface area contributed by atoms with E-state index in [4.69, 9.17) is 0 Å². The van der Waals surface area contributed by atoms with Gasteiger partial charge in [-0.15, -0.1) is 0 Å². The van der Waals surface area contributed by atoms with Crippen LogP contribution >= 0.6 is 0 Å². The number of hydrogen-bond acceptors (Lipinski definition) is 1. The van der Waals surface area contributed by atoms with Crippen LogP contribution < -0.4 is 0 Å². The van der Waals surface area contributed by atoms with E-state index in [1.807, 2.05) is 0 Å². The predicted molar refractivity (Wildman–Crippen MR) is 62.5 cm³/mol. The van der Waals surface area contributed by atoms with E-state index >= 15 is 0 Å². The first-order chi connectivity index (χ1) is 7.19. The lowest BCUT2D eigenvalue weighted by Crippen LogP contribution is -2.52. The van der Waals surface area contributed by atoms with Crippen molar-refractivity contribution < 1.29 is 9.59 Å². The summed E-state index contributed by atoms with van der Waals surface area (Å²) in [5, 5.41) is 9.59. The summed E-state index contributed by atoms with van der Waals surface area (Å²) in [6, 6.07) is 0. The van der Waals surface area contributed by atoms with Gasteiger partial charge >= 0.3 is 0 Å². The molecule has 0 bridgehead atoms. The van der Waals surface area contributed by atoms with Gasteiger partial charge in [0.25, 0.3) is 0 Å². The van der Waals surface area contributed by atoms with Gasteiger partial charge < -0.3 is 9.59 Å². The molecule has 0 saturated carbocycles. The Kier molecular flexibility index (Phi) is 3.36. The fraction of sp³-hybridized carbons (Fsp3) is 1.00. The normalized spacial score (nSPS) is 46.2. The minimum absolute atomic E-state index is 0.00509. The molecule has 2 heteroatoms. The van der Waals surface area contributed by atoms with Crippen molar-refractivity contribution in [2.75, 3.05) is 26.2 Å². The molecule has 1 N–H and O–H groups in total. The Hall–Kier alpha value is -0.0800. The maximum Gasteiger partial charge on any atom is 0.0820 e. The Balaban J connectivity index is 1.99. The van der Waals surface area contributed by atoms with E-state index in [0.29, 0.717) is 0 Å². The highest BCUT2D eigenvalue weighted by atomic mass is 16.3. The molecule has 2 aliphatic heterocycles. The minimum Gasteiger partial charge on any atom is -0.393 e. The molecule has 2 saturated heterocycles. The summed E-state index contributed by atoms with van der Waals surface area (Å²) in [5.41, 5.74) is 0. The number of piperidine rings is 1. The van der Waals surface area contributed by atoms with Gasteiger partial charge in [0.1, 0.15) is 0 Å². The Morgan fingerprint density at radius 1 is 1.00 bits per heavy atom. The van der Waals surface area contributed by atoms with Crippen LogP contribution in [0.5, 0.6) is 0 Å². The lowest BCUT2D eigenvalue weighted by Gasteiger charge is -2.39. The van der Waals surface area contributed by atoms with E-state index in [9.17, 15) is 5.11 Å². The molecule has 2 fully saturated rings. The number of aliphatic hydroxyl groups is 1. The Bertz CT molecular complexity index is 195. The van der Waals surface area contributed by atoms with Gasteiger partial charge in [-0.3, -0.25) is 0 Å². The Morgan fingerprint density at radius 2 is 1.47 bits per heavy atom. The van der Waals surface area contributed by atoms with Crippen LogP contribution in [0.15, 0.2) is 0 Å². The highest BCUT2D eigenvalue weighted by molar-refractivity contribution is 4.77. The first-order valence-electron chi connectivity index (χ1n) is 6.72. The summed E-state index contributed by atoms with van der Waals surface area (Å²) in [5.74, 6) is 1.90. The third-order valence-corrected chi connectivity index (χ3v) is 4.83. The third-order valence-electron chi connectivity index (χ3n) is 4.83. The second-order valence-electron chi connectivity index (χ2n) is 5.72. The van der Waals surface area contributed by atoms with Crippen LogP contribution in [0.1, 0.15) is 39.5 Å². The smallest absolute Gasteiger partial charge is 0.0820 e. The van der Waals surface area contributed by atoms with Crippen molar-refractivity contribution in [2.24, 2.45) is 11.8 Å². The number of hydrogen-bond donors (Lipinski definition) is 1.